The molecule has 0 bridgehead atoms. The molecule has 0 unspecified atom stereocenters. The molecule has 110 valence electrons. The Morgan fingerprint density at radius 3 is 2.71 bits per heavy atom. The van der Waals surface area contributed by atoms with Crippen molar-refractivity contribution >= 4 is 17.5 Å². The molecular formula is C17H18ClNO2. The van der Waals surface area contributed by atoms with Crippen LogP contribution in [0.4, 0.5) is 0 Å². The van der Waals surface area contributed by atoms with Gasteiger partial charge in [0.2, 0.25) is 5.91 Å². The van der Waals surface area contributed by atoms with Gasteiger partial charge in [-0.3, -0.25) is 4.79 Å². The monoisotopic (exact) mass is 303 g/mol. The second kappa shape index (κ2) is 7.14. The number of amides is 1. The summed E-state index contributed by atoms with van der Waals surface area (Å²) in [5.74, 6) is 0.726. The summed E-state index contributed by atoms with van der Waals surface area (Å²) in [6, 6.07) is 14.9. The topological polar surface area (TPSA) is 38.3 Å². The fourth-order valence-corrected chi connectivity index (χ4v) is 2.44. The van der Waals surface area contributed by atoms with Crippen molar-refractivity contribution < 1.29 is 9.53 Å². The van der Waals surface area contributed by atoms with Crippen molar-refractivity contribution in [2.75, 3.05) is 7.11 Å². The molecule has 3 nitrogen and oxygen atoms in total. The number of hydrogen-bond acceptors (Lipinski definition) is 2. The fourth-order valence-electron chi connectivity index (χ4n) is 2.23. The number of benzene rings is 2. The summed E-state index contributed by atoms with van der Waals surface area (Å²) in [7, 11) is 1.62. The molecule has 0 aliphatic heterocycles. The Bertz CT molecular complexity index is 628. The van der Waals surface area contributed by atoms with E-state index in [0.29, 0.717) is 11.4 Å². The molecule has 1 atom stereocenters. The molecule has 0 saturated heterocycles. The van der Waals surface area contributed by atoms with Crippen LogP contribution in [0.1, 0.15) is 24.1 Å². The van der Waals surface area contributed by atoms with Gasteiger partial charge < -0.3 is 10.1 Å². The fraction of sp³-hybridized carbons (Fsp3) is 0.235. The molecule has 0 aliphatic carbocycles. The lowest BCUT2D eigenvalue weighted by atomic mass is 10.1. The Labute approximate surface area is 129 Å². The summed E-state index contributed by atoms with van der Waals surface area (Å²) in [5.41, 5.74) is 1.85. The van der Waals surface area contributed by atoms with Crippen LogP contribution in [0, 0.1) is 0 Å². The van der Waals surface area contributed by atoms with E-state index in [-0.39, 0.29) is 11.9 Å². The van der Waals surface area contributed by atoms with Crippen LogP contribution in [-0.2, 0) is 11.2 Å². The van der Waals surface area contributed by atoms with E-state index in [9.17, 15) is 4.79 Å². The predicted molar refractivity (Wildman–Crippen MR) is 84.7 cm³/mol. The van der Waals surface area contributed by atoms with Crippen LogP contribution in [0.25, 0.3) is 0 Å². The number of halogens is 1. The van der Waals surface area contributed by atoms with E-state index < -0.39 is 0 Å². The van der Waals surface area contributed by atoms with E-state index in [1.807, 2.05) is 43.3 Å². The van der Waals surface area contributed by atoms with Gasteiger partial charge in [0.25, 0.3) is 0 Å². The number of carbonyl (C=O) groups is 1. The maximum absolute atomic E-state index is 12.1. The van der Waals surface area contributed by atoms with Gasteiger partial charge in [-0.25, -0.2) is 0 Å². The quantitative estimate of drug-likeness (QED) is 0.913. The summed E-state index contributed by atoms with van der Waals surface area (Å²) in [6.07, 6.45) is 0.306. The van der Waals surface area contributed by atoms with Gasteiger partial charge in [0.1, 0.15) is 5.75 Å². The zero-order chi connectivity index (χ0) is 15.2. The Morgan fingerprint density at radius 1 is 1.24 bits per heavy atom. The molecule has 0 saturated carbocycles. The molecule has 2 aromatic rings. The molecule has 2 rings (SSSR count). The SMILES string of the molecule is COc1ccccc1[C@@H](C)NC(=O)Cc1cccc(Cl)c1. The van der Waals surface area contributed by atoms with Crippen LogP contribution in [-0.4, -0.2) is 13.0 Å². The molecule has 0 heterocycles. The molecule has 0 radical (unpaired) electrons. The van der Waals surface area contributed by atoms with Crippen LogP contribution in [0.5, 0.6) is 5.75 Å². The maximum Gasteiger partial charge on any atom is 0.224 e. The third-order valence-electron chi connectivity index (χ3n) is 3.24. The largest absolute Gasteiger partial charge is 0.496 e. The number of rotatable bonds is 5. The van der Waals surface area contributed by atoms with Crippen molar-refractivity contribution in [2.45, 2.75) is 19.4 Å². The smallest absolute Gasteiger partial charge is 0.224 e. The number of ether oxygens (including phenoxy) is 1. The average Bonchev–Trinajstić information content (AvgIpc) is 2.47. The molecule has 0 aliphatic rings. The van der Waals surface area contributed by atoms with Gasteiger partial charge in [-0.2, -0.15) is 0 Å². The lowest BCUT2D eigenvalue weighted by Gasteiger charge is -2.17. The average molecular weight is 304 g/mol. The number of para-hydroxylation sites is 1. The van der Waals surface area contributed by atoms with E-state index in [1.54, 1.807) is 19.2 Å². The van der Waals surface area contributed by atoms with Gasteiger partial charge >= 0.3 is 0 Å². The highest BCUT2D eigenvalue weighted by Crippen LogP contribution is 2.24. The van der Waals surface area contributed by atoms with Crippen LogP contribution in [0.3, 0.4) is 0 Å². The van der Waals surface area contributed by atoms with Crippen LogP contribution < -0.4 is 10.1 Å². The van der Waals surface area contributed by atoms with E-state index in [4.69, 9.17) is 16.3 Å². The zero-order valence-electron chi connectivity index (χ0n) is 12.1. The van der Waals surface area contributed by atoms with Gasteiger partial charge in [0, 0.05) is 10.6 Å². The molecule has 0 spiro atoms. The Morgan fingerprint density at radius 2 is 2.00 bits per heavy atom. The lowest BCUT2D eigenvalue weighted by molar-refractivity contribution is -0.121. The summed E-state index contributed by atoms with van der Waals surface area (Å²) in [5, 5.41) is 3.61. The summed E-state index contributed by atoms with van der Waals surface area (Å²) in [4.78, 5) is 12.1. The molecule has 2 aromatic carbocycles. The van der Waals surface area contributed by atoms with E-state index >= 15 is 0 Å². The molecule has 1 N–H and O–H groups in total. The standard InChI is InChI=1S/C17H18ClNO2/c1-12(15-8-3-4-9-16(15)21-2)19-17(20)11-13-6-5-7-14(18)10-13/h3-10,12H,11H2,1-2H3,(H,19,20)/t12-/m1/s1. The summed E-state index contributed by atoms with van der Waals surface area (Å²) >= 11 is 5.92. The third kappa shape index (κ3) is 4.23. The van der Waals surface area contributed by atoms with Crippen molar-refractivity contribution in [1.82, 2.24) is 5.32 Å². The van der Waals surface area contributed by atoms with Crippen molar-refractivity contribution in [1.29, 1.82) is 0 Å². The van der Waals surface area contributed by atoms with E-state index in [1.165, 1.54) is 0 Å². The minimum Gasteiger partial charge on any atom is -0.496 e. The van der Waals surface area contributed by atoms with E-state index in [0.717, 1.165) is 16.9 Å². The second-order valence-electron chi connectivity index (χ2n) is 4.84. The summed E-state index contributed by atoms with van der Waals surface area (Å²) in [6.45, 7) is 1.94. The number of nitrogens with one attached hydrogen (secondary N) is 1. The zero-order valence-corrected chi connectivity index (χ0v) is 12.9. The minimum absolute atomic E-state index is 0.0457. The molecule has 1 amide bonds. The van der Waals surface area contributed by atoms with Crippen molar-refractivity contribution in [3.8, 4) is 5.75 Å². The summed E-state index contributed by atoms with van der Waals surface area (Å²) < 4.78 is 5.31. The van der Waals surface area contributed by atoms with Gasteiger partial charge in [0.15, 0.2) is 0 Å². The first-order valence-electron chi connectivity index (χ1n) is 6.77. The first kappa shape index (κ1) is 15.4. The van der Waals surface area contributed by atoms with Gasteiger partial charge in [-0.1, -0.05) is 41.9 Å². The Hall–Kier alpha value is -2.00. The maximum atomic E-state index is 12.1. The number of carbonyl (C=O) groups excluding carboxylic acids is 1. The Kier molecular flexibility index (Phi) is 5.23. The molecule has 4 heteroatoms. The van der Waals surface area contributed by atoms with Crippen LogP contribution in [0.15, 0.2) is 48.5 Å². The van der Waals surface area contributed by atoms with Crippen molar-refractivity contribution in [3.63, 3.8) is 0 Å². The molecule has 21 heavy (non-hydrogen) atoms. The van der Waals surface area contributed by atoms with Crippen LogP contribution in [0.2, 0.25) is 5.02 Å². The Balaban J connectivity index is 2.02. The van der Waals surface area contributed by atoms with Gasteiger partial charge in [-0.15, -0.1) is 0 Å². The third-order valence-corrected chi connectivity index (χ3v) is 3.47. The van der Waals surface area contributed by atoms with Crippen LogP contribution >= 0.6 is 11.6 Å². The van der Waals surface area contributed by atoms with Gasteiger partial charge in [-0.05, 0) is 30.7 Å². The molecule has 0 aromatic heterocycles. The first-order chi connectivity index (χ1) is 10.1. The predicted octanol–water partition coefficient (Wildman–Crippen LogP) is 3.77. The van der Waals surface area contributed by atoms with Gasteiger partial charge in [0.05, 0.1) is 19.6 Å². The lowest BCUT2D eigenvalue weighted by Crippen LogP contribution is -2.28. The highest BCUT2D eigenvalue weighted by molar-refractivity contribution is 6.30. The van der Waals surface area contributed by atoms with Crippen molar-refractivity contribution in [3.05, 3.63) is 64.7 Å². The highest BCUT2D eigenvalue weighted by Gasteiger charge is 2.13. The number of hydrogen-bond donors (Lipinski definition) is 1. The first-order valence-corrected chi connectivity index (χ1v) is 7.14. The minimum atomic E-state index is -0.118. The molecular weight excluding hydrogens is 286 g/mol. The van der Waals surface area contributed by atoms with E-state index in [2.05, 4.69) is 5.32 Å². The van der Waals surface area contributed by atoms with Crippen molar-refractivity contribution in [2.24, 2.45) is 0 Å². The number of methoxy groups -OCH3 is 1. The second-order valence-corrected chi connectivity index (χ2v) is 5.27. The highest BCUT2D eigenvalue weighted by atomic mass is 35.5. The molecule has 0 fully saturated rings. The normalized spacial score (nSPS) is 11.8.